The molecule has 128 valence electrons. The fraction of sp³-hybridized carbons (Fsp3) is 0.333. The van der Waals surface area contributed by atoms with E-state index in [2.05, 4.69) is 15.4 Å². The van der Waals surface area contributed by atoms with E-state index >= 15 is 0 Å². The average molecular weight is 336 g/mol. The molecular formula is C18H20N6O. The molecule has 1 aliphatic heterocycles. The van der Waals surface area contributed by atoms with Crippen molar-refractivity contribution in [3.63, 3.8) is 0 Å². The van der Waals surface area contributed by atoms with Gasteiger partial charge in [0.15, 0.2) is 5.69 Å². The monoisotopic (exact) mass is 336 g/mol. The number of carbonyl (C=O) groups is 1. The highest BCUT2D eigenvalue weighted by molar-refractivity contribution is 5.92. The Kier molecular flexibility index (Phi) is 4.05. The van der Waals surface area contributed by atoms with Gasteiger partial charge in [-0.15, -0.1) is 5.10 Å². The highest BCUT2D eigenvalue weighted by Crippen LogP contribution is 2.21. The van der Waals surface area contributed by atoms with Gasteiger partial charge in [-0.2, -0.15) is 5.10 Å². The molecule has 1 atom stereocenters. The first-order valence-electron chi connectivity index (χ1n) is 8.48. The van der Waals surface area contributed by atoms with Crippen LogP contribution in [-0.2, 0) is 6.54 Å². The maximum absolute atomic E-state index is 12.9. The number of aromatic nitrogens is 5. The summed E-state index contributed by atoms with van der Waals surface area (Å²) in [5.41, 5.74) is 2.43. The Morgan fingerprint density at radius 3 is 3.04 bits per heavy atom. The molecule has 1 aromatic carbocycles. The van der Waals surface area contributed by atoms with Crippen LogP contribution in [0.5, 0.6) is 0 Å². The minimum atomic E-state index is -0.0615. The first-order chi connectivity index (χ1) is 12.2. The smallest absolute Gasteiger partial charge is 0.276 e. The predicted molar refractivity (Wildman–Crippen MR) is 92.4 cm³/mol. The van der Waals surface area contributed by atoms with E-state index in [1.54, 1.807) is 17.1 Å². The molecule has 0 N–H and O–H groups in total. The summed E-state index contributed by atoms with van der Waals surface area (Å²) in [5.74, 6) is -0.0615. The van der Waals surface area contributed by atoms with Crippen LogP contribution < -0.4 is 0 Å². The van der Waals surface area contributed by atoms with Crippen LogP contribution >= 0.6 is 0 Å². The normalized spacial score (nSPS) is 17.2. The number of amides is 1. The van der Waals surface area contributed by atoms with Gasteiger partial charge >= 0.3 is 0 Å². The number of nitrogens with zero attached hydrogens (tertiary/aromatic N) is 6. The van der Waals surface area contributed by atoms with Crippen molar-refractivity contribution in [3.05, 3.63) is 60.2 Å². The second-order valence-corrected chi connectivity index (χ2v) is 6.41. The average Bonchev–Trinajstić information content (AvgIpc) is 3.36. The standard InChI is InChI=1S/C18H20N6O/c1-14-5-2-6-15(11-14)24-13-17(20-21-24)18(25)23-10-3-7-16(23)12-22-9-4-8-19-22/h2,4-6,8-9,11,13,16H,3,7,10,12H2,1H3/t16-/m1/s1. The van der Waals surface area contributed by atoms with Crippen molar-refractivity contribution in [2.45, 2.75) is 32.4 Å². The van der Waals surface area contributed by atoms with Gasteiger partial charge in [0.25, 0.3) is 5.91 Å². The first-order valence-corrected chi connectivity index (χ1v) is 8.48. The van der Waals surface area contributed by atoms with E-state index in [1.165, 1.54) is 0 Å². The highest BCUT2D eigenvalue weighted by atomic mass is 16.2. The van der Waals surface area contributed by atoms with Crippen molar-refractivity contribution in [3.8, 4) is 5.69 Å². The molecule has 0 aliphatic carbocycles. The van der Waals surface area contributed by atoms with Gasteiger partial charge in [-0.05, 0) is 43.5 Å². The van der Waals surface area contributed by atoms with Crippen molar-refractivity contribution in [1.29, 1.82) is 0 Å². The van der Waals surface area contributed by atoms with Crippen LogP contribution in [0.3, 0.4) is 0 Å². The van der Waals surface area contributed by atoms with Gasteiger partial charge in [-0.1, -0.05) is 17.3 Å². The van der Waals surface area contributed by atoms with E-state index in [9.17, 15) is 4.79 Å². The molecule has 7 heteroatoms. The number of rotatable bonds is 4. The summed E-state index contributed by atoms with van der Waals surface area (Å²) >= 11 is 0. The van der Waals surface area contributed by atoms with E-state index < -0.39 is 0 Å². The molecule has 25 heavy (non-hydrogen) atoms. The lowest BCUT2D eigenvalue weighted by Gasteiger charge is -2.23. The third kappa shape index (κ3) is 3.17. The fourth-order valence-corrected chi connectivity index (χ4v) is 3.32. The Morgan fingerprint density at radius 2 is 2.24 bits per heavy atom. The van der Waals surface area contributed by atoms with E-state index in [1.807, 2.05) is 53.0 Å². The minimum Gasteiger partial charge on any atom is -0.332 e. The highest BCUT2D eigenvalue weighted by Gasteiger charge is 2.31. The summed E-state index contributed by atoms with van der Waals surface area (Å²) in [5, 5.41) is 12.5. The van der Waals surface area contributed by atoms with Gasteiger partial charge in [0.1, 0.15) is 0 Å². The largest absolute Gasteiger partial charge is 0.332 e. The Hall–Kier alpha value is -2.96. The Labute approximate surface area is 145 Å². The third-order valence-electron chi connectivity index (χ3n) is 4.57. The van der Waals surface area contributed by atoms with Crippen LogP contribution in [0.15, 0.2) is 48.9 Å². The zero-order valence-corrected chi connectivity index (χ0v) is 14.1. The van der Waals surface area contributed by atoms with Crippen molar-refractivity contribution in [2.24, 2.45) is 0 Å². The lowest BCUT2D eigenvalue weighted by atomic mass is 10.2. The summed E-state index contributed by atoms with van der Waals surface area (Å²) < 4.78 is 3.53. The van der Waals surface area contributed by atoms with E-state index in [4.69, 9.17) is 0 Å². The lowest BCUT2D eigenvalue weighted by Crippen LogP contribution is -2.38. The summed E-state index contributed by atoms with van der Waals surface area (Å²) in [6.07, 6.45) is 7.38. The number of aryl methyl sites for hydroxylation is 1. The molecule has 0 unspecified atom stereocenters. The van der Waals surface area contributed by atoms with Gasteiger partial charge in [0.2, 0.25) is 0 Å². The topological polar surface area (TPSA) is 68.8 Å². The molecule has 0 bridgehead atoms. The first kappa shape index (κ1) is 15.6. The molecule has 3 aromatic rings. The zero-order chi connectivity index (χ0) is 17.2. The second-order valence-electron chi connectivity index (χ2n) is 6.41. The third-order valence-corrected chi connectivity index (χ3v) is 4.57. The molecule has 0 saturated carbocycles. The van der Waals surface area contributed by atoms with Gasteiger partial charge in [0, 0.05) is 18.9 Å². The molecule has 7 nitrogen and oxygen atoms in total. The molecule has 1 amide bonds. The molecule has 0 radical (unpaired) electrons. The quantitative estimate of drug-likeness (QED) is 0.731. The summed E-state index contributed by atoms with van der Waals surface area (Å²) in [6, 6.07) is 10.0. The Balaban J connectivity index is 1.52. The van der Waals surface area contributed by atoms with Gasteiger partial charge in [-0.25, -0.2) is 4.68 Å². The van der Waals surface area contributed by atoms with E-state index in [0.29, 0.717) is 12.2 Å². The summed E-state index contributed by atoms with van der Waals surface area (Å²) in [6.45, 7) is 3.49. The fourth-order valence-electron chi connectivity index (χ4n) is 3.32. The maximum Gasteiger partial charge on any atom is 0.276 e. The number of hydrogen-bond donors (Lipinski definition) is 0. The molecule has 4 rings (SSSR count). The SMILES string of the molecule is Cc1cccc(-n2cc(C(=O)N3CCC[C@@H]3Cn3cccn3)nn2)c1. The molecule has 2 aromatic heterocycles. The Morgan fingerprint density at radius 1 is 1.32 bits per heavy atom. The molecule has 3 heterocycles. The Bertz CT molecular complexity index is 869. The summed E-state index contributed by atoms with van der Waals surface area (Å²) in [7, 11) is 0. The lowest BCUT2D eigenvalue weighted by molar-refractivity contribution is 0.0715. The van der Waals surface area contributed by atoms with E-state index in [-0.39, 0.29) is 11.9 Å². The van der Waals surface area contributed by atoms with Crippen LogP contribution in [0.2, 0.25) is 0 Å². The van der Waals surface area contributed by atoms with Crippen molar-refractivity contribution in [2.75, 3.05) is 6.54 Å². The van der Waals surface area contributed by atoms with Gasteiger partial charge in [0.05, 0.1) is 24.5 Å². The minimum absolute atomic E-state index is 0.0615. The van der Waals surface area contributed by atoms with Gasteiger partial charge < -0.3 is 4.90 Å². The van der Waals surface area contributed by atoms with Crippen molar-refractivity contribution in [1.82, 2.24) is 29.7 Å². The number of carbonyl (C=O) groups excluding carboxylic acids is 1. The summed E-state index contributed by atoms with van der Waals surface area (Å²) in [4.78, 5) is 14.8. The van der Waals surface area contributed by atoms with E-state index in [0.717, 1.165) is 30.6 Å². The zero-order valence-electron chi connectivity index (χ0n) is 14.1. The van der Waals surface area contributed by atoms with Crippen LogP contribution in [0.1, 0.15) is 28.9 Å². The molecular weight excluding hydrogens is 316 g/mol. The molecule has 1 fully saturated rings. The molecule has 1 saturated heterocycles. The number of benzene rings is 1. The van der Waals surface area contributed by atoms with Crippen LogP contribution in [0.4, 0.5) is 0 Å². The maximum atomic E-state index is 12.9. The van der Waals surface area contributed by atoms with Crippen LogP contribution in [0.25, 0.3) is 5.69 Å². The van der Waals surface area contributed by atoms with Crippen molar-refractivity contribution < 1.29 is 4.79 Å². The number of hydrogen-bond acceptors (Lipinski definition) is 4. The predicted octanol–water partition coefficient (Wildman–Crippen LogP) is 2.08. The van der Waals surface area contributed by atoms with Gasteiger partial charge in [-0.3, -0.25) is 9.48 Å². The molecule has 0 spiro atoms. The van der Waals surface area contributed by atoms with Crippen LogP contribution in [0, 0.1) is 6.92 Å². The van der Waals surface area contributed by atoms with Crippen LogP contribution in [-0.4, -0.2) is 48.2 Å². The second kappa shape index (κ2) is 6.51. The van der Waals surface area contributed by atoms with Crippen molar-refractivity contribution >= 4 is 5.91 Å². The molecule has 1 aliphatic rings. The number of likely N-dealkylation sites (tertiary alicyclic amines) is 1.